The van der Waals surface area contributed by atoms with Gasteiger partial charge in [-0.2, -0.15) is 8.42 Å². The van der Waals surface area contributed by atoms with Crippen molar-refractivity contribution in [2.45, 2.75) is 76.5 Å². The summed E-state index contributed by atoms with van der Waals surface area (Å²) in [6, 6.07) is 9.41. The molecule has 0 radical (unpaired) electrons. The number of carbonyl (C=O) groups is 1. The van der Waals surface area contributed by atoms with Gasteiger partial charge in [0.15, 0.2) is 5.13 Å². The van der Waals surface area contributed by atoms with Crippen molar-refractivity contribution < 1.29 is 27.0 Å². The number of rotatable bonds is 12. The molecular formula is C32H37Cl2N5O6S2. The molecule has 0 bridgehead atoms. The monoisotopic (exact) mass is 721 g/mol. The van der Waals surface area contributed by atoms with Crippen LogP contribution in [0.15, 0.2) is 34.9 Å². The van der Waals surface area contributed by atoms with Gasteiger partial charge in [0, 0.05) is 53.8 Å². The maximum Gasteiger partial charge on any atom is 0.266 e. The van der Waals surface area contributed by atoms with E-state index in [1.54, 1.807) is 12.1 Å². The van der Waals surface area contributed by atoms with E-state index in [0.29, 0.717) is 50.6 Å². The third kappa shape index (κ3) is 7.40. The first-order chi connectivity index (χ1) is 22.5. The van der Waals surface area contributed by atoms with Gasteiger partial charge in [-0.3, -0.25) is 9.35 Å². The number of benzene rings is 2. The number of ether oxygens (including phenoxy) is 1. The van der Waals surface area contributed by atoms with E-state index < -0.39 is 21.8 Å². The van der Waals surface area contributed by atoms with E-state index in [2.05, 4.69) is 34.5 Å². The van der Waals surface area contributed by atoms with Crippen LogP contribution in [0.2, 0.25) is 10.0 Å². The number of fused-ring (bicyclic) bond motifs is 1. The lowest BCUT2D eigenvalue weighted by Gasteiger charge is -2.44. The highest BCUT2D eigenvalue weighted by Gasteiger charge is 2.37. The highest BCUT2D eigenvalue weighted by molar-refractivity contribution is 7.85. The van der Waals surface area contributed by atoms with Crippen molar-refractivity contribution in [1.29, 1.82) is 0 Å². The predicted octanol–water partition coefficient (Wildman–Crippen LogP) is 6.69. The second-order valence-electron chi connectivity index (χ2n) is 12.2. The quantitative estimate of drug-likeness (QED) is 0.135. The van der Waals surface area contributed by atoms with Crippen molar-refractivity contribution in [2.24, 2.45) is 0 Å². The number of methoxy groups -OCH3 is 1. The Kier molecular flexibility index (Phi) is 10.0. The number of carbonyl (C=O) groups excluding carboxylic acids is 1. The first-order valence-electron chi connectivity index (χ1n) is 15.6. The van der Waals surface area contributed by atoms with Crippen LogP contribution in [-0.4, -0.2) is 66.6 Å². The lowest BCUT2D eigenvalue weighted by atomic mass is 9.90. The molecular weight excluding hydrogens is 685 g/mol. The third-order valence-corrected chi connectivity index (χ3v) is 11.2. The minimum Gasteiger partial charge on any atom is -0.494 e. The van der Waals surface area contributed by atoms with Gasteiger partial charge in [-0.05, 0) is 63.3 Å². The Balaban J connectivity index is 1.20. The molecule has 1 amide bonds. The van der Waals surface area contributed by atoms with Crippen molar-refractivity contribution in [3.8, 4) is 17.0 Å². The van der Waals surface area contributed by atoms with Gasteiger partial charge in [0.2, 0.25) is 0 Å². The molecule has 2 aliphatic rings. The van der Waals surface area contributed by atoms with E-state index in [1.807, 2.05) is 18.2 Å². The lowest BCUT2D eigenvalue weighted by molar-refractivity contribution is 0.0956. The van der Waals surface area contributed by atoms with Gasteiger partial charge in [0.25, 0.3) is 16.0 Å². The fraction of sp³-hybridized carbons (Fsp3) is 0.469. The molecule has 3 N–H and O–H groups in total. The van der Waals surface area contributed by atoms with Gasteiger partial charge in [0.1, 0.15) is 22.7 Å². The molecule has 1 aliphatic carbocycles. The predicted molar refractivity (Wildman–Crippen MR) is 185 cm³/mol. The summed E-state index contributed by atoms with van der Waals surface area (Å²) in [4.78, 5) is 20.1. The number of nitrogens with one attached hydrogen (secondary N) is 2. The summed E-state index contributed by atoms with van der Waals surface area (Å²) in [6.45, 7) is 4.77. The Morgan fingerprint density at radius 2 is 1.96 bits per heavy atom. The van der Waals surface area contributed by atoms with E-state index >= 15 is 0 Å². The number of anilines is 1. The molecule has 6 rings (SSSR count). The van der Waals surface area contributed by atoms with Crippen molar-refractivity contribution >= 4 is 65.9 Å². The average molecular weight is 723 g/mol. The number of nitrogens with zero attached hydrogens (tertiary/aromatic N) is 3. The second kappa shape index (κ2) is 13.9. The Bertz CT molecular complexity index is 1870. The Hall–Kier alpha value is -2.94. The molecule has 3 atom stereocenters. The molecule has 252 valence electrons. The molecule has 3 unspecified atom stereocenters. The number of piperidine rings is 1. The zero-order valence-electron chi connectivity index (χ0n) is 26.3. The van der Waals surface area contributed by atoms with Crippen LogP contribution in [-0.2, 0) is 16.7 Å². The van der Waals surface area contributed by atoms with Crippen LogP contribution in [0.3, 0.4) is 0 Å². The van der Waals surface area contributed by atoms with Crippen molar-refractivity contribution in [2.75, 3.05) is 24.3 Å². The molecule has 1 saturated carbocycles. The summed E-state index contributed by atoms with van der Waals surface area (Å²) < 4.78 is 43.3. The van der Waals surface area contributed by atoms with Crippen molar-refractivity contribution in [1.82, 2.24) is 20.8 Å². The van der Waals surface area contributed by atoms with Crippen molar-refractivity contribution in [3.05, 3.63) is 57.3 Å². The summed E-state index contributed by atoms with van der Waals surface area (Å²) >= 11 is 14.6. The first kappa shape index (κ1) is 33.9. The van der Waals surface area contributed by atoms with Crippen LogP contribution in [0.25, 0.3) is 21.5 Å². The highest BCUT2D eigenvalue weighted by Crippen LogP contribution is 2.46. The zero-order chi connectivity index (χ0) is 33.5. The Morgan fingerprint density at radius 3 is 2.62 bits per heavy atom. The standard InChI is InChI=1S/C32H37Cl2N5O6S2/c1-4-21-15-20(36-16-22-28(38-45-30(22)18-8-9-18)27-23(33)6-5-7-24(27)34)12-17(2)39(21)32-37-29-25(44-3)13-19(14-26(29)46-32)31(40)35-10-11-47(41,42)43/h5-7,13-14,17-18,20-21,36H,4,8-12,15-16H2,1-3H3,(H,35,40)(H,41,42,43). The maximum absolute atomic E-state index is 12.8. The SMILES string of the molecule is CCC1CC(NCc2c(-c3c(Cl)cccc3Cl)noc2C2CC2)CC(C)N1c1nc2c(OC)cc(C(=O)NCCS(=O)(=O)O)cc2s1. The molecule has 4 aromatic rings. The fourth-order valence-corrected chi connectivity index (χ4v) is 8.54. The maximum atomic E-state index is 12.8. The van der Waals surface area contributed by atoms with Crippen LogP contribution in [0.5, 0.6) is 5.75 Å². The molecule has 11 nitrogen and oxygen atoms in total. The van der Waals surface area contributed by atoms with Gasteiger partial charge >= 0.3 is 0 Å². The smallest absolute Gasteiger partial charge is 0.266 e. The van der Waals surface area contributed by atoms with Gasteiger partial charge in [-0.15, -0.1) is 0 Å². The lowest BCUT2D eigenvalue weighted by Crippen LogP contribution is -2.53. The third-order valence-electron chi connectivity index (χ3n) is 8.85. The molecule has 47 heavy (non-hydrogen) atoms. The van der Waals surface area contributed by atoms with E-state index in [0.717, 1.165) is 53.3 Å². The minimum atomic E-state index is -4.18. The summed E-state index contributed by atoms with van der Waals surface area (Å²) in [7, 11) is -2.66. The van der Waals surface area contributed by atoms with E-state index in [1.165, 1.54) is 18.4 Å². The van der Waals surface area contributed by atoms with Crippen LogP contribution in [0.4, 0.5) is 5.13 Å². The summed E-state index contributed by atoms with van der Waals surface area (Å²) in [5.41, 5.74) is 3.39. The number of hydrogen-bond donors (Lipinski definition) is 3. The molecule has 15 heteroatoms. The number of thiazole rings is 1. The van der Waals surface area contributed by atoms with E-state index in [4.69, 9.17) is 42.0 Å². The Labute approximate surface area is 287 Å². The second-order valence-corrected chi connectivity index (χ2v) is 15.6. The average Bonchev–Trinajstić information content (AvgIpc) is 3.64. The van der Waals surface area contributed by atoms with E-state index in [9.17, 15) is 13.2 Å². The van der Waals surface area contributed by atoms with Crippen LogP contribution in [0, 0.1) is 0 Å². The van der Waals surface area contributed by atoms with Gasteiger partial charge in [-0.1, -0.05) is 52.7 Å². The molecule has 1 aliphatic heterocycles. The van der Waals surface area contributed by atoms with Crippen LogP contribution >= 0.6 is 34.5 Å². The summed E-state index contributed by atoms with van der Waals surface area (Å²) in [5, 5.41) is 12.7. The molecule has 3 heterocycles. The molecule has 2 aromatic heterocycles. The number of aromatic nitrogens is 2. The van der Waals surface area contributed by atoms with Crippen LogP contribution in [0.1, 0.15) is 73.6 Å². The summed E-state index contributed by atoms with van der Waals surface area (Å²) in [5.74, 6) is 0.709. The fourth-order valence-electron chi connectivity index (χ4n) is 6.40. The normalized spacial score (nSPS) is 20.1. The first-order valence-corrected chi connectivity index (χ1v) is 18.8. The highest BCUT2D eigenvalue weighted by atomic mass is 35.5. The largest absolute Gasteiger partial charge is 0.494 e. The topological polar surface area (TPSA) is 147 Å². The Morgan fingerprint density at radius 1 is 1.21 bits per heavy atom. The van der Waals surface area contributed by atoms with Gasteiger partial charge in [-0.25, -0.2) is 4.98 Å². The van der Waals surface area contributed by atoms with E-state index in [-0.39, 0.29) is 24.7 Å². The molecule has 1 saturated heterocycles. The number of hydrogen-bond acceptors (Lipinski definition) is 10. The summed E-state index contributed by atoms with van der Waals surface area (Å²) in [6.07, 6.45) is 4.87. The van der Waals surface area contributed by atoms with Crippen molar-refractivity contribution in [3.63, 3.8) is 0 Å². The van der Waals surface area contributed by atoms with Gasteiger partial charge < -0.3 is 24.8 Å². The molecule has 0 spiro atoms. The minimum absolute atomic E-state index is 0.170. The zero-order valence-corrected chi connectivity index (χ0v) is 29.4. The molecule has 2 fully saturated rings. The number of amides is 1. The van der Waals surface area contributed by atoms with Gasteiger partial charge in [0.05, 0.1) is 27.6 Å². The molecule has 2 aromatic carbocycles. The van der Waals surface area contributed by atoms with Crippen LogP contribution < -0.4 is 20.3 Å². The number of halogens is 2.